The maximum Gasteiger partial charge on any atom is 0.118 e. The molecule has 0 radical (unpaired) electrons. The van der Waals surface area contributed by atoms with Crippen molar-refractivity contribution in [2.75, 3.05) is 7.11 Å². The van der Waals surface area contributed by atoms with Gasteiger partial charge in [0.1, 0.15) is 5.75 Å². The Morgan fingerprint density at radius 1 is 1.27 bits per heavy atom. The molecular weight excluding hydrogens is 184 g/mol. The summed E-state index contributed by atoms with van der Waals surface area (Å²) in [4.78, 5) is 0. The molecule has 0 saturated carbocycles. The third-order valence-corrected chi connectivity index (χ3v) is 2.65. The number of rotatable bonds is 6. The fraction of sp³-hybridized carbons (Fsp3) is 0.429. The van der Waals surface area contributed by atoms with Gasteiger partial charge < -0.3 is 4.74 Å². The second-order valence-electron chi connectivity index (χ2n) is 3.81. The molecule has 0 amide bonds. The van der Waals surface area contributed by atoms with Crippen LogP contribution in [0, 0.1) is 0 Å². The molecule has 0 heterocycles. The Bertz CT molecular complexity index is 298. The van der Waals surface area contributed by atoms with Gasteiger partial charge >= 0.3 is 0 Å². The van der Waals surface area contributed by atoms with Crippen molar-refractivity contribution in [3.63, 3.8) is 0 Å². The number of hydrogen-bond donors (Lipinski definition) is 0. The number of hydrogen-bond acceptors (Lipinski definition) is 1. The minimum Gasteiger partial charge on any atom is -0.497 e. The summed E-state index contributed by atoms with van der Waals surface area (Å²) in [6.07, 6.45) is 4.56. The van der Waals surface area contributed by atoms with Crippen molar-refractivity contribution in [2.24, 2.45) is 0 Å². The van der Waals surface area contributed by atoms with Gasteiger partial charge in [0.05, 0.1) is 7.11 Å². The normalized spacial score (nSPS) is 10.0. The van der Waals surface area contributed by atoms with Crippen LogP contribution in [0.3, 0.4) is 0 Å². The van der Waals surface area contributed by atoms with Crippen molar-refractivity contribution in [3.05, 3.63) is 42.0 Å². The van der Waals surface area contributed by atoms with Crippen molar-refractivity contribution in [1.29, 1.82) is 0 Å². The van der Waals surface area contributed by atoms with Crippen LogP contribution < -0.4 is 4.74 Å². The van der Waals surface area contributed by atoms with Crippen LogP contribution in [0.2, 0.25) is 0 Å². The summed E-state index contributed by atoms with van der Waals surface area (Å²) in [5, 5.41) is 0. The van der Waals surface area contributed by atoms with Crippen molar-refractivity contribution >= 4 is 0 Å². The molecule has 1 aromatic rings. The summed E-state index contributed by atoms with van der Waals surface area (Å²) in [6, 6.07) is 8.30. The number of benzene rings is 1. The van der Waals surface area contributed by atoms with Gasteiger partial charge in [0.15, 0.2) is 0 Å². The molecule has 0 atom stereocenters. The van der Waals surface area contributed by atoms with Gasteiger partial charge in [-0.3, -0.25) is 0 Å². The second kappa shape index (κ2) is 6.28. The van der Waals surface area contributed by atoms with E-state index in [4.69, 9.17) is 4.74 Å². The van der Waals surface area contributed by atoms with Crippen molar-refractivity contribution in [1.82, 2.24) is 0 Å². The van der Waals surface area contributed by atoms with E-state index < -0.39 is 0 Å². The molecule has 0 N–H and O–H groups in total. The predicted octanol–water partition coefficient (Wildman–Crippen LogP) is 3.98. The van der Waals surface area contributed by atoms with Gasteiger partial charge in [-0.15, -0.1) is 0 Å². The zero-order valence-electron chi connectivity index (χ0n) is 9.75. The molecule has 0 aromatic heterocycles. The first kappa shape index (κ1) is 11.8. The molecule has 0 saturated heterocycles. The van der Waals surface area contributed by atoms with E-state index in [2.05, 4.69) is 25.6 Å². The van der Waals surface area contributed by atoms with Crippen LogP contribution in [-0.4, -0.2) is 7.11 Å². The molecule has 1 rings (SSSR count). The maximum atomic E-state index is 5.12. The van der Waals surface area contributed by atoms with Crippen LogP contribution >= 0.6 is 0 Å². The van der Waals surface area contributed by atoms with E-state index in [1.54, 1.807) is 7.11 Å². The zero-order valence-corrected chi connectivity index (χ0v) is 9.75. The summed E-state index contributed by atoms with van der Waals surface area (Å²) in [5.41, 5.74) is 2.73. The standard InChI is InChI=1S/C14H20O/c1-4-12(2)6-5-7-13-8-10-14(15-3)11-9-13/h8-11H,2,4-7H2,1,3H3. The fourth-order valence-corrected chi connectivity index (χ4v) is 1.51. The van der Waals surface area contributed by atoms with Crippen molar-refractivity contribution in [3.8, 4) is 5.75 Å². The molecule has 0 aliphatic heterocycles. The predicted molar refractivity (Wildman–Crippen MR) is 65.4 cm³/mol. The van der Waals surface area contributed by atoms with Crippen LogP contribution in [0.15, 0.2) is 36.4 Å². The smallest absolute Gasteiger partial charge is 0.118 e. The van der Waals surface area contributed by atoms with Crippen LogP contribution in [0.25, 0.3) is 0 Å². The molecule has 0 spiro atoms. The molecule has 1 heteroatoms. The van der Waals surface area contributed by atoms with Gasteiger partial charge in [0.25, 0.3) is 0 Å². The first-order chi connectivity index (χ1) is 7.26. The van der Waals surface area contributed by atoms with Gasteiger partial charge in [-0.25, -0.2) is 0 Å². The lowest BCUT2D eigenvalue weighted by Gasteiger charge is -2.04. The summed E-state index contributed by atoms with van der Waals surface area (Å²) in [6.45, 7) is 6.17. The van der Waals surface area contributed by atoms with Gasteiger partial charge in [-0.2, -0.15) is 0 Å². The molecule has 1 aromatic carbocycles. The summed E-state index contributed by atoms with van der Waals surface area (Å²) in [7, 11) is 1.69. The minimum atomic E-state index is 0.928. The van der Waals surface area contributed by atoms with E-state index in [0.717, 1.165) is 25.0 Å². The Labute approximate surface area is 92.8 Å². The van der Waals surface area contributed by atoms with Gasteiger partial charge in [0.2, 0.25) is 0 Å². The third kappa shape index (κ3) is 4.20. The quantitative estimate of drug-likeness (QED) is 0.637. The first-order valence-electron chi connectivity index (χ1n) is 5.56. The highest BCUT2D eigenvalue weighted by Gasteiger charge is 1.96. The van der Waals surface area contributed by atoms with Crippen LogP contribution in [0.5, 0.6) is 5.75 Å². The molecule has 82 valence electrons. The monoisotopic (exact) mass is 204 g/mol. The number of allylic oxidation sites excluding steroid dienone is 1. The number of methoxy groups -OCH3 is 1. The van der Waals surface area contributed by atoms with Crippen LogP contribution in [0.4, 0.5) is 0 Å². The molecule has 0 fully saturated rings. The average Bonchev–Trinajstić information content (AvgIpc) is 2.29. The Hall–Kier alpha value is -1.24. The van der Waals surface area contributed by atoms with Crippen LogP contribution in [-0.2, 0) is 6.42 Å². The van der Waals surface area contributed by atoms with Gasteiger partial charge in [-0.05, 0) is 43.4 Å². The van der Waals surface area contributed by atoms with E-state index in [0.29, 0.717) is 0 Å². The molecule has 0 aliphatic rings. The Balaban J connectivity index is 2.34. The highest BCUT2D eigenvalue weighted by atomic mass is 16.5. The zero-order chi connectivity index (χ0) is 11.1. The van der Waals surface area contributed by atoms with Crippen molar-refractivity contribution in [2.45, 2.75) is 32.6 Å². The molecule has 0 bridgehead atoms. The van der Waals surface area contributed by atoms with Gasteiger partial charge in [0, 0.05) is 0 Å². The lowest BCUT2D eigenvalue weighted by Crippen LogP contribution is -1.88. The lowest BCUT2D eigenvalue weighted by atomic mass is 10.0. The highest BCUT2D eigenvalue weighted by Crippen LogP contribution is 2.15. The summed E-state index contributed by atoms with van der Waals surface area (Å²) in [5.74, 6) is 0.928. The fourth-order valence-electron chi connectivity index (χ4n) is 1.51. The Morgan fingerprint density at radius 3 is 2.47 bits per heavy atom. The van der Waals surface area contributed by atoms with Crippen molar-refractivity contribution < 1.29 is 4.74 Å². The number of aryl methyl sites for hydroxylation is 1. The Morgan fingerprint density at radius 2 is 1.93 bits per heavy atom. The maximum absolute atomic E-state index is 5.12. The van der Waals surface area contributed by atoms with E-state index >= 15 is 0 Å². The first-order valence-corrected chi connectivity index (χ1v) is 5.56. The molecule has 1 nitrogen and oxygen atoms in total. The average molecular weight is 204 g/mol. The van der Waals surface area contributed by atoms with Crippen LogP contribution in [0.1, 0.15) is 31.7 Å². The summed E-state index contributed by atoms with van der Waals surface area (Å²) < 4.78 is 5.12. The largest absolute Gasteiger partial charge is 0.497 e. The van der Waals surface area contributed by atoms with E-state index in [1.165, 1.54) is 17.6 Å². The molecule has 0 unspecified atom stereocenters. The summed E-state index contributed by atoms with van der Waals surface area (Å²) >= 11 is 0. The minimum absolute atomic E-state index is 0.928. The molecule has 15 heavy (non-hydrogen) atoms. The Kier molecular flexibility index (Phi) is 4.96. The highest BCUT2D eigenvalue weighted by molar-refractivity contribution is 5.27. The second-order valence-corrected chi connectivity index (χ2v) is 3.81. The van der Waals surface area contributed by atoms with E-state index in [-0.39, 0.29) is 0 Å². The lowest BCUT2D eigenvalue weighted by molar-refractivity contribution is 0.414. The SMILES string of the molecule is C=C(CC)CCCc1ccc(OC)cc1. The molecular formula is C14H20O. The molecule has 0 aliphatic carbocycles. The van der Waals surface area contributed by atoms with E-state index in [9.17, 15) is 0 Å². The number of ether oxygens (including phenoxy) is 1. The van der Waals surface area contributed by atoms with E-state index in [1.807, 2.05) is 12.1 Å². The van der Waals surface area contributed by atoms with Gasteiger partial charge in [-0.1, -0.05) is 31.2 Å². The third-order valence-electron chi connectivity index (χ3n) is 2.65. The topological polar surface area (TPSA) is 9.23 Å².